The zero-order chi connectivity index (χ0) is 15.1. The Bertz CT molecular complexity index is 553. The van der Waals surface area contributed by atoms with E-state index in [0.29, 0.717) is 18.2 Å². The summed E-state index contributed by atoms with van der Waals surface area (Å²) in [5.41, 5.74) is 6.56. The summed E-state index contributed by atoms with van der Waals surface area (Å²) >= 11 is 1.44. The molecule has 0 aliphatic heterocycles. The monoisotopic (exact) mass is 308 g/mol. The number of anilines is 1. The van der Waals surface area contributed by atoms with Gasteiger partial charge in [0, 0.05) is 44.5 Å². The molecular formula is C13H20N6OS. The average Bonchev–Trinajstić information content (AvgIpc) is 3.12. The summed E-state index contributed by atoms with van der Waals surface area (Å²) in [6, 6.07) is -0.0621. The molecule has 2 rings (SSSR count). The number of nitrogens with one attached hydrogen (secondary N) is 1. The minimum absolute atomic E-state index is 0.0621. The third-order valence-corrected chi connectivity index (χ3v) is 3.78. The van der Waals surface area contributed by atoms with Gasteiger partial charge >= 0.3 is 6.03 Å². The van der Waals surface area contributed by atoms with Crippen molar-refractivity contribution in [2.24, 2.45) is 0 Å². The molecule has 0 spiro atoms. The summed E-state index contributed by atoms with van der Waals surface area (Å²) in [4.78, 5) is 21.7. The van der Waals surface area contributed by atoms with Crippen LogP contribution in [-0.4, -0.2) is 45.6 Å². The highest BCUT2D eigenvalue weighted by molar-refractivity contribution is 7.13. The Morgan fingerprint density at radius 3 is 3.10 bits per heavy atom. The number of nitrogen functional groups attached to an aromatic ring is 1. The van der Waals surface area contributed by atoms with Crippen molar-refractivity contribution in [3.05, 3.63) is 29.8 Å². The lowest BCUT2D eigenvalue weighted by Gasteiger charge is -2.18. The lowest BCUT2D eigenvalue weighted by molar-refractivity contribution is 0.207. The van der Waals surface area contributed by atoms with Crippen LogP contribution >= 0.6 is 11.3 Å². The predicted octanol–water partition coefficient (Wildman–Crippen LogP) is 1.20. The standard InChI is InChI=1S/C13H20N6OS/c1-18(7-8-19-6-5-15-10-19)13(20)16-4-2-3-11-9-21-12(14)17-11/h5-6,9-10H,2-4,7-8H2,1H3,(H2,14,17)(H,16,20). The number of carbonyl (C=O) groups is 1. The Labute approximate surface area is 127 Å². The van der Waals surface area contributed by atoms with Crippen LogP contribution < -0.4 is 11.1 Å². The molecule has 0 saturated carbocycles. The molecule has 21 heavy (non-hydrogen) atoms. The Balaban J connectivity index is 1.60. The molecule has 0 fully saturated rings. The third-order valence-electron chi connectivity index (χ3n) is 3.05. The van der Waals surface area contributed by atoms with E-state index in [9.17, 15) is 4.79 Å². The van der Waals surface area contributed by atoms with Crippen LogP contribution in [0.4, 0.5) is 9.93 Å². The fourth-order valence-corrected chi connectivity index (χ4v) is 2.42. The van der Waals surface area contributed by atoms with Gasteiger partial charge in [-0.2, -0.15) is 0 Å². The Morgan fingerprint density at radius 1 is 1.57 bits per heavy atom. The maximum absolute atomic E-state index is 11.9. The normalized spacial score (nSPS) is 10.5. The molecule has 3 N–H and O–H groups in total. The van der Waals surface area contributed by atoms with Gasteiger partial charge in [0.25, 0.3) is 0 Å². The molecule has 0 radical (unpaired) electrons. The van der Waals surface area contributed by atoms with E-state index >= 15 is 0 Å². The molecule has 2 amide bonds. The molecular weight excluding hydrogens is 288 g/mol. The fourth-order valence-electron chi connectivity index (χ4n) is 1.82. The number of nitrogens with two attached hydrogens (primary N) is 1. The number of amides is 2. The van der Waals surface area contributed by atoms with Crippen LogP contribution in [0, 0.1) is 0 Å². The number of likely N-dealkylation sites (N-methyl/N-ethyl adjacent to an activating group) is 1. The van der Waals surface area contributed by atoms with Crippen molar-refractivity contribution in [3.8, 4) is 0 Å². The maximum Gasteiger partial charge on any atom is 0.317 e. The van der Waals surface area contributed by atoms with Crippen LogP contribution in [0.5, 0.6) is 0 Å². The average molecular weight is 308 g/mol. The first kappa shape index (κ1) is 15.3. The van der Waals surface area contributed by atoms with Crippen LogP contribution in [0.25, 0.3) is 0 Å². The molecule has 7 nitrogen and oxygen atoms in total. The van der Waals surface area contributed by atoms with Crippen molar-refractivity contribution in [1.29, 1.82) is 0 Å². The van der Waals surface area contributed by atoms with Crippen molar-refractivity contribution in [2.45, 2.75) is 19.4 Å². The maximum atomic E-state index is 11.9. The number of imidazole rings is 1. The number of thiazole rings is 1. The van der Waals surface area contributed by atoms with Crippen LogP contribution in [0.3, 0.4) is 0 Å². The van der Waals surface area contributed by atoms with Gasteiger partial charge in [0.1, 0.15) is 0 Å². The molecule has 0 saturated heterocycles. The zero-order valence-electron chi connectivity index (χ0n) is 12.0. The first-order valence-corrected chi connectivity index (χ1v) is 7.67. The van der Waals surface area contributed by atoms with Crippen molar-refractivity contribution in [2.75, 3.05) is 25.9 Å². The van der Waals surface area contributed by atoms with E-state index in [-0.39, 0.29) is 6.03 Å². The lowest BCUT2D eigenvalue weighted by atomic mass is 10.2. The molecule has 2 aromatic heterocycles. The summed E-state index contributed by atoms with van der Waals surface area (Å²) in [6.45, 7) is 2.01. The summed E-state index contributed by atoms with van der Waals surface area (Å²) in [6.07, 6.45) is 7.03. The van der Waals surface area contributed by atoms with Gasteiger partial charge in [0.05, 0.1) is 12.0 Å². The molecule has 0 unspecified atom stereocenters. The largest absolute Gasteiger partial charge is 0.375 e. The Hall–Kier alpha value is -2.09. The van der Waals surface area contributed by atoms with E-state index in [2.05, 4.69) is 15.3 Å². The van der Waals surface area contributed by atoms with Gasteiger partial charge in [-0.25, -0.2) is 14.8 Å². The first-order valence-electron chi connectivity index (χ1n) is 6.80. The van der Waals surface area contributed by atoms with Crippen molar-refractivity contribution in [3.63, 3.8) is 0 Å². The van der Waals surface area contributed by atoms with E-state index in [1.807, 2.05) is 16.1 Å². The van der Waals surface area contributed by atoms with Crippen LogP contribution in [0.1, 0.15) is 12.1 Å². The molecule has 0 aliphatic rings. The van der Waals surface area contributed by atoms with Gasteiger partial charge in [-0.15, -0.1) is 11.3 Å². The summed E-state index contributed by atoms with van der Waals surface area (Å²) < 4.78 is 1.94. The molecule has 8 heteroatoms. The van der Waals surface area contributed by atoms with E-state index in [1.165, 1.54) is 11.3 Å². The molecule has 2 heterocycles. The van der Waals surface area contributed by atoms with Crippen LogP contribution in [0.15, 0.2) is 24.1 Å². The van der Waals surface area contributed by atoms with E-state index in [1.54, 1.807) is 24.5 Å². The SMILES string of the molecule is CN(CCn1ccnc1)C(=O)NCCCc1csc(N)n1. The third kappa shape index (κ3) is 5.07. The molecule has 2 aromatic rings. The van der Waals surface area contributed by atoms with E-state index in [0.717, 1.165) is 25.1 Å². The Morgan fingerprint density at radius 2 is 2.43 bits per heavy atom. The fraction of sp³-hybridized carbons (Fsp3) is 0.462. The van der Waals surface area contributed by atoms with E-state index < -0.39 is 0 Å². The van der Waals surface area contributed by atoms with Crippen LogP contribution in [0.2, 0.25) is 0 Å². The van der Waals surface area contributed by atoms with Gasteiger partial charge in [-0.05, 0) is 12.8 Å². The van der Waals surface area contributed by atoms with Gasteiger partial charge in [-0.3, -0.25) is 0 Å². The highest BCUT2D eigenvalue weighted by atomic mass is 32.1. The van der Waals surface area contributed by atoms with E-state index in [4.69, 9.17) is 5.73 Å². The second-order valence-corrected chi connectivity index (χ2v) is 5.62. The lowest BCUT2D eigenvalue weighted by Crippen LogP contribution is -2.39. The first-order chi connectivity index (χ1) is 10.1. The number of nitrogens with zero attached hydrogens (tertiary/aromatic N) is 4. The van der Waals surface area contributed by atoms with Crippen molar-refractivity contribution >= 4 is 22.5 Å². The number of aryl methyl sites for hydroxylation is 1. The highest BCUT2D eigenvalue weighted by Gasteiger charge is 2.07. The Kier molecular flexibility index (Phi) is 5.56. The van der Waals surface area contributed by atoms with Gasteiger partial charge in [0.2, 0.25) is 0 Å². The minimum atomic E-state index is -0.0621. The minimum Gasteiger partial charge on any atom is -0.375 e. The number of aromatic nitrogens is 3. The summed E-state index contributed by atoms with van der Waals surface area (Å²) in [5.74, 6) is 0. The van der Waals surface area contributed by atoms with Crippen molar-refractivity contribution in [1.82, 2.24) is 24.8 Å². The predicted molar refractivity (Wildman–Crippen MR) is 83.1 cm³/mol. The number of carbonyl (C=O) groups excluding carboxylic acids is 1. The van der Waals surface area contributed by atoms with Crippen LogP contribution in [-0.2, 0) is 13.0 Å². The molecule has 0 bridgehead atoms. The second-order valence-electron chi connectivity index (χ2n) is 4.73. The molecule has 0 atom stereocenters. The number of urea groups is 1. The smallest absolute Gasteiger partial charge is 0.317 e. The van der Waals surface area contributed by atoms with Crippen molar-refractivity contribution < 1.29 is 4.79 Å². The topological polar surface area (TPSA) is 89.1 Å². The second kappa shape index (κ2) is 7.63. The number of rotatable bonds is 7. The highest BCUT2D eigenvalue weighted by Crippen LogP contribution is 2.12. The molecule has 0 aromatic carbocycles. The molecule has 114 valence electrons. The number of hydrogen-bond donors (Lipinski definition) is 2. The zero-order valence-corrected chi connectivity index (χ0v) is 12.8. The quantitative estimate of drug-likeness (QED) is 0.752. The van der Waals surface area contributed by atoms with Gasteiger partial charge < -0.3 is 20.5 Å². The molecule has 0 aliphatic carbocycles. The summed E-state index contributed by atoms with van der Waals surface area (Å²) in [7, 11) is 1.79. The van der Waals surface area contributed by atoms with Gasteiger partial charge in [-0.1, -0.05) is 0 Å². The van der Waals surface area contributed by atoms with Gasteiger partial charge in [0.15, 0.2) is 5.13 Å². The summed E-state index contributed by atoms with van der Waals surface area (Å²) in [5, 5.41) is 5.44. The number of hydrogen-bond acceptors (Lipinski definition) is 5.